The minimum absolute atomic E-state index is 0.116. The second-order valence-corrected chi connectivity index (χ2v) is 9.58. The number of carbonyl (C=O) groups excluding carboxylic acids is 1. The number of carbonyl (C=O) groups is 2. The fourth-order valence-corrected chi connectivity index (χ4v) is 4.58. The van der Waals surface area contributed by atoms with E-state index in [1.165, 1.54) is 4.90 Å². The van der Waals surface area contributed by atoms with E-state index in [2.05, 4.69) is 6.92 Å². The monoisotopic (exact) mass is 493 g/mol. The summed E-state index contributed by atoms with van der Waals surface area (Å²) in [5.41, 5.74) is 3.47. The number of fused-ring (bicyclic) bond motifs is 1. The van der Waals surface area contributed by atoms with Gasteiger partial charge in [0.2, 0.25) is 5.91 Å². The maximum Gasteiger partial charge on any atom is 0.323 e. The topological polar surface area (TPSA) is 76.1 Å². The maximum atomic E-state index is 13.1. The zero-order chi connectivity index (χ0) is 25.0. The van der Waals surface area contributed by atoms with Crippen molar-refractivity contribution in [2.24, 2.45) is 0 Å². The van der Waals surface area contributed by atoms with Crippen molar-refractivity contribution < 1.29 is 24.2 Å². The Labute approximate surface area is 210 Å². The highest BCUT2D eigenvalue weighted by atomic mass is 35.5. The molecule has 1 N–H and O–H groups in total. The van der Waals surface area contributed by atoms with Crippen LogP contribution in [0.4, 0.5) is 0 Å². The minimum Gasteiger partial charge on any atom is -0.497 e. The number of nitrogens with zero attached hydrogens (tertiary/aromatic N) is 1. The molecule has 0 spiro atoms. The lowest BCUT2D eigenvalue weighted by Gasteiger charge is -2.24. The predicted molar refractivity (Wildman–Crippen MR) is 134 cm³/mol. The van der Waals surface area contributed by atoms with E-state index in [0.717, 1.165) is 40.8 Å². The summed E-state index contributed by atoms with van der Waals surface area (Å²) in [5.74, 6) is 0.227. The number of hydrogen-bond donors (Lipinski definition) is 1. The van der Waals surface area contributed by atoms with Gasteiger partial charge < -0.3 is 19.5 Å². The van der Waals surface area contributed by atoms with E-state index in [9.17, 15) is 14.7 Å². The van der Waals surface area contributed by atoms with E-state index < -0.39 is 5.97 Å². The van der Waals surface area contributed by atoms with Crippen LogP contribution in [-0.4, -0.2) is 41.1 Å². The van der Waals surface area contributed by atoms with E-state index >= 15 is 0 Å². The zero-order valence-corrected chi connectivity index (χ0v) is 20.5. The summed E-state index contributed by atoms with van der Waals surface area (Å²) in [6.45, 7) is 1.93. The lowest BCUT2D eigenvalue weighted by atomic mass is 9.91. The Morgan fingerprint density at radius 3 is 2.34 bits per heavy atom. The number of hydrogen-bond acceptors (Lipinski definition) is 4. The van der Waals surface area contributed by atoms with Gasteiger partial charge in [-0.2, -0.15) is 0 Å². The van der Waals surface area contributed by atoms with Crippen molar-refractivity contribution in [1.82, 2.24) is 4.90 Å². The minimum atomic E-state index is -1.05. The molecule has 4 rings (SSSR count). The molecule has 0 aromatic heterocycles. The van der Waals surface area contributed by atoms with E-state index in [0.29, 0.717) is 10.8 Å². The van der Waals surface area contributed by atoms with Crippen molar-refractivity contribution in [2.75, 3.05) is 13.7 Å². The molecule has 0 saturated heterocycles. The summed E-state index contributed by atoms with van der Waals surface area (Å²) in [6.07, 6.45) is 1.57. The number of methoxy groups -OCH3 is 1. The number of halogens is 1. The first-order valence-electron chi connectivity index (χ1n) is 11.4. The van der Waals surface area contributed by atoms with Gasteiger partial charge in [0.25, 0.3) is 0 Å². The molecule has 0 bridgehead atoms. The molecule has 3 aromatic carbocycles. The molecule has 0 unspecified atom stereocenters. The molecule has 1 heterocycles. The van der Waals surface area contributed by atoms with Crippen LogP contribution in [0.15, 0.2) is 66.7 Å². The number of carboxylic acid groups (broad SMARTS) is 1. The third kappa shape index (κ3) is 6.34. The van der Waals surface area contributed by atoms with Gasteiger partial charge in [0.15, 0.2) is 0 Å². The molecule has 182 valence electrons. The smallest absolute Gasteiger partial charge is 0.323 e. The highest BCUT2D eigenvalue weighted by Gasteiger charge is 2.35. The van der Waals surface area contributed by atoms with Crippen LogP contribution in [0.1, 0.15) is 29.2 Å². The SMILES string of the molecule is COc1ccc(CN(CC(=O)O)C(=O)Cc2ccc3c(c2)C[C@](C)(Cc2ccc(Cl)cc2)O3)cc1. The van der Waals surface area contributed by atoms with Crippen LogP contribution in [0.3, 0.4) is 0 Å². The second-order valence-electron chi connectivity index (χ2n) is 9.14. The molecule has 3 aromatic rings. The van der Waals surface area contributed by atoms with Gasteiger partial charge in [0.05, 0.1) is 13.5 Å². The lowest BCUT2D eigenvalue weighted by Crippen LogP contribution is -2.36. The Kier molecular flexibility index (Phi) is 7.31. The second kappa shape index (κ2) is 10.4. The Morgan fingerprint density at radius 1 is 1.03 bits per heavy atom. The Hall–Kier alpha value is -3.51. The average Bonchev–Trinajstić information content (AvgIpc) is 3.15. The van der Waals surface area contributed by atoms with Crippen LogP contribution in [0.2, 0.25) is 5.02 Å². The normalized spacial score (nSPS) is 16.3. The van der Waals surface area contributed by atoms with Crippen molar-refractivity contribution in [3.63, 3.8) is 0 Å². The molecule has 1 amide bonds. The molecule has 0 aliphatic carbocycles. The van der Waals surface area contributed by atoms with E-state index in [4.69, 9.17) is 21.1 Å². The van der Waals surface area contributed by atoms with Crippen LogP contribution in [0, 0.1) is 0 Å². The molecule has 35 heavy (non-hydrogen) atoms. The Morgan fingerprint density at radius 2 is 1.69 bits per heavy atom. The number of benzene rings is 3. The zero-order valence-electron chi connectivity index (χ0n) is 19.8. The molecule has 1 aliphatic rings. The van der Waals surface area contributed by atoms with Gasteiger partial charge in [-0.05, 0) is 59.5 Å². The molecule has 1 aliphatic heterocycles. The summed E-state index contributed by atoms with van der Waals surface area (Å²) in [5, 5.41) is 10.0. The van der Waals surface area contributed by atoms with Crippen LogP contribution >= 0.6 is 11.6 Å². The van der Waals surface area contributed by atoms with Crippen molar-refractivity contribution in [3.05, 3.63) is 94.0 Å². The number of carboxylic acids is 1. The first-order chi connectivity index (χ1) is 16.7. The maximum absolute atomic E-state index is 13.1. The first kappa shape index (κ1) is 24.6. The molecule has 0 radical (unpaired) electrons. The van der Waals surface area contributed by atoms with Gasteiger partial charge in [-0.1, -0.05) is 48.0 Å². The van der Waals surface area contributed by atoms with Crippen LogP contribution in [-0.2, 0) is 35.4 Å². The van der Waals surface area contributed by atoms with Gasteiger partial charge in [0.1, 0.15) is 23.6 Å². The number of amides is 1. The summed E-state index contributed by atoms with van der Waals surface area (Å²) in [6, 6.07) is 20.8. The fourth-order valence-electron chi connectivity index (χ4n) is 4.45. The van der Waals surface area contributed by atoms with Gasteiger partial charge >= 0.3 is 5.97 Å². The molecule has 7 heteroatoms. The number of aliphatic carboxylic acids is 1. The number of ether oxygens (including phenoxy) is 2. The van der Waals surface area contributed by atoms with E-state index in [1.807, 2.05) is 54.6 Å². The van der Waals surface area contributed by atoms with Gasteiger partial charge in [-0.25, -0.2) is 0 Å². The molecular formula is C28H28ClNO5. The largest absolute Gasteiger partial charge is 0.497 e. The third-order valence-electron chi connectivity index (χ3n) is 6.10. The lowest BCUT2D eigenvalue weighted by molar-refractivity contribution is -0.144. The van der Waals surface area contributed by atoms with E-state index in [-0.39, 0.29) is 31.0 Å². The van der Waals surface area contributed by atoms with Gasteiger partial charge in [-0.3, -0.25) is 9.59 Å². The van der Waals surface area contributed by atoms with Crippen molar-refractivity contribution >= 4 is 23.5 Å². The van der Waals surface area contributed by atoms with Crippen LogP contribution in [0.5, 0.6) is 11.5 Å². The van der Waals surface area contributed by atoms with Crippen molar-refractivity contribution in [3.8, 4) is 11.5 Å². The van der Waals surface area contributed by atoms with Gasteiger partial charge in [-0.15, -0.1) is 0 Å². The molecule has 1 atom stereocenters. The fraction of sp³-hybridized carbons (Fsp3) is 0.286. The summed E-state index contributed by atoms with van der Waals surface area (Å²) < 4.78 is 11.4. The highest BCUT2D eigenvalue weighted by molar-refractivity contribution is 6.30. The standard InChI is InChI=1S/C28H28ClNO5/c1-28(15-19-3-8-23(29)9-4-19)16-22-13-21(7-12-25(22)35-28)14-26(31)30(18-27(32)33)17-20-5-10-24(34-2)11-6-20/h3-13H,14-18H2,1-2H3,(H,32,33)/t28-/m0/s1. The molecule has 0 fully saturated rings. The van der Waals surface area contributed by atoms with Gasteiger partial charge in [0, 0.05) is 24.4 Å². The average molecular weight is 494 g/mol. The van der Waals surface area contributed by atoms with Crippen molar-refractivity contribution in [2.45, 2.75) is 38.3 Å². The predicted octanol–water partition coefficient (Wildman–Crippen LogP) is 4.94. The van der Waals surface area contributed by atoms with Crippen molar-refractivity contribution in [1.29, 1.82) is 0 Å². The first-order valence-corrected chi connectivity index (χ1v) is 11.8. The number of rotatable bonds is 9. The van der Waals surface area contributed by atoms with E-state index in [1.54, 1.807) is 19.2 Å². The third-order valence-corrected chi connectivity index (χ3v) is 6.36. The summed E-state index contributed by atoms with van der Waals surface area (Å²) in [7, 11) is 1.58. The van der Waals surface area contributed by atoms with Crippen LogP contribution < -0.4 is 9.47 Å². The van der Waals surface area contributed by atoms with Crippen LogP contribution in [0.25, 0.3) is 0 Å². The Balaban J connectivity index is 1.44. The molecule has 0 saturated carbocycles. The Bertz CT molecular complexity index is 1210. The summed E-state index contributed by atoms with van der Waals surface area (Å²) >= 11 is 6.00. The highest BCUT2D eigenvalue weighted by Crippen LogP contribution is 2.37. The quantitative estimate of drug-likeness (QED) is 0.457. The summed E-state index contributed by atoms with van der Waals surface area (Å²) in [4.78, 5) is 25.8. The molecule has 6 nitrogen and oxygen atoms in total. The molecular weight excluding hydrogens is 466 g/mol.